The van der Waals surface area contributed by atoms with Crippen molar-refractivity contribution in [2.75, 3.05) is 5.32 Å². The minimum absolute atomic E-state index is 0.252. The molecule has 0 aliphatic carbocycles. The number of hydrogen-bond donors (Lipinski definition) is 3. The molecule has 0 spiro atoms. The van der Waals surface area contributed by atoms with Crippen molar-refractivity contribution in [1.29, 1.82) is 0 Å². The summed E-state index contributed by atoms with van der Waals surface area (Å²) in [6.45, 7) is 0.411. The van der Waals surface area contributed by atoms with E-state index in [1.807, 2.05) is 12.1 Å². The Labute approximate surface area is 132 Å². The number of benzene rings is 1. The monoisotopic (exact) mass is 331 g/mol. The number of nitrogens with one attached hydrogen (secondary N) is 3. The zero-order valence-corrected chi connectivity index (χ0v) is 12.1. The van der Waals surface area contributed by atoms with Gasteiger partial charge in [0.15, 0.2) is 5.65 Å². The van der Waals surface area contributed by atoms with Gasteiger partial charge in [-0.1, -0.05) is 6.07 Å². The Morgan fingerprint density at radius 1 is 1.12 bits per heavy atom. The molecule has 0 amide bonds. The molecular formula is C14H11F2N7O. The van der Waals surface area contributed by atoms with Crippen LogP contribution < -0.4 is 11.0 Å². The fourth-order valence-corrected chi connectivity index (χ4v) is 2.42. The number of aromatic nitrogens is 6. The van der Waals surface area contributed by atoms with Crippen LogP contribution in [-0.2, 0) is 6.54 Å². The summed E-state index contributed by atoms with van der Waals surface area (Å²) in [7, 11) is 0. The van der Waals surface area contributed by atoms with Gasteiger partial charge in [-0.15, -0.1) is 15.3 Å². The Morgan fingerprint density at radius 2 is 1.96 bits per heavy atom. The van der Waals surface area contributed by atoms with E-state index in [9.17, 15) is 13.6 Å². The predicted octanol–water partition coefficient (Wildman–Crippen LogP) is 1.84. The van der Waals surface area contributed by atoms with E-state index in [0.29, 0.717) is 23.4 Å². The molecule has 0 unspecified atom stereocenters. The van der Waals surface area contributed by atoms with E-state index in [1.54, 1.807) is 18.2 Å². The number of alkyl halides is 2. The summed E-state index contributed by atoms with van der Waals surface area (Å²) in [6.07, 6.45) is -2.75. The fraction of sp³-hybridized carbons (Fsp3) is 0.143. The number of aromatic amines is 2. The van der Waals surface area contributed by atoms with Gasteiger partial charge in [-0.2, -0.15) is 4.52 Å². The third-order valence-corrected chi connectivity index (χ3v) is 3.54. The molecule has 0 aliphatic heterocycles. The maximum absolute atomic E-state index is 12.8. The first-order valence-electron chi connectivity index (χ1n) is 7.05. The molecule has 0 fully saturated rings. The first kappa shape index (κ1) is 14.3. The smallest absolute Gasteiger partial charge is 0.323 e. The van der Waals surface area contributed by atoms with Crippen molar-refractivity contribution in [3.63, 3.8) is 0 Å². The van der Waals surface area contributed by atoms with Crippen molar-refractivity contribution >= 4 is 22.5 Å². The molecule has 1 aromatic carbocycles. The molecule has 0 radical (unpaired) electrons. The molecule has 10 heteroatoms. The Balaban J connectivity index is 1.58. The topological polar surface area (TPSA) is 104 Å². The molecule has 3 heterocycles. The first-order valence-corrected chi connectivity index (χ1v) is 7.05. The zero-order chi connectivity index (χ0) is 16.7. The highest BCUT2D eigenvalue weighted by atomic mass is 19.3. The number of imidazole rings is 1. The molecule has 0 bridgehead atoms. The van der Waals surface area contributed by atoms with E-state index in [-0.39, 0.29) is 11.3 Å². The highest BCUT2D eigenvalue weighted by Gasteiger charge is 2.16. The molecular weight excluding hydrogens is 320 g/mol. The molecule has 8 nitrogen and oxygen atoms in total. The number of nitrogens with zero attached hydrogens (tertiary/aromatic N) is 4. The van der Waals surface area contributed by atoms with E-state index in [2.05, 4.69) is 30.6 Å². The summed E-state index contributed by atoms with van der Waals surface area (Å²) < 4.78 is 26.7. The Morgan fingerprint density at radius 3 is 2.79 bits per heavy atom. The van der Waals surface area contributed by atoms with Crippen molar-refractivity contribution in [3.05, 3.63) is 52.2 Å². The summed E-state index contributed by atoms with van der Waals surface area (Å²) in [5, 5.41) is 14.2. The minimum atomic E-state index is -2.75. The van der Waals surface area contributed by atoms with Gasteiger partial charge in [0, 0.05) is 6.54 Å². The summed E-state index contributed by atoms with van der Waals surface area (Å²) in [6, 6.07) is 8.65. The summed E-state index contributed by atoms with van der Waals surface area (Å²) in [5.41, 5.74) is 2.30. The van der Waals surface area contributed by atoms with E-state index in [1.165, 1.54) is 0 Å². The van der Waals surface area contributed by atoms with Crippen LogP contribution in [0.25, 0.3) is 16.7 Å². The Hall–Kier alpha value is -3.30. The molecule has 0 aliphatic rings. The lowest BCUT2D eigenvalue weighted by Crippen LogP contribution is -2.06. The average molecular weight is 331 g/mol. The van der Waals surface area contributed by atoms with Crippen LogP contribution in [0.15, 0.2) is 35.1 Å². The third kappa shape index (κ3) is 2.47. The second kappa shape index (κ2) is 5.41. The molecule has 4 rings (SSSR count). The molecule has 24 heavy (non-hydrogen) atoms. The molecule has 3 N–H and O–H groups in total. The van der Waals surface area contributed by atoms with Gasteiger partial charge in [-0.05, 0) is 29.8 Å². The van der Waals surface area contributed by atoms with Gasteiger partial charge in [-0.25, -0.2) is 13.6 Å². The molecule has 0 saturated carbocycles. The van der Waals surface area contributed by atoms with E-state index in [0.717, 1.165) is 10.1 Å². The number of H-pyrrole nitrogens is 2. The van der Waals surface area contributed by atoms with Crippen LogP contribution in [0.3, 0.4) is 0 Å². The Kier molecular flexibility index (Phi) is 3.22. The lowest BCUT2D eigenvalue weighted by atomic mass is 10.2. The number of anilines is 1. The highest BCUT2D eigenvalue weighted by molar-refractivity contribution is 5.75. The van der Waals surface area contributed by atoms with E-state index in [4.69, 9.17) is 0 Å². The Bertz CT molecular complexity index is 1080. The van der Waals surface area contributed by atoms with E-state index < -0.39 is 12.2 Å². The first-order chi connectivity index (χ1) is 11.6. The van der Waals surface area contributed by atoms with Crippen LogP contribution in [0.2, 0.25) is 0 Å². The van der Waals surface area contributed by atoms with Gasteiger partial charge in [0.25, 0.3) is 6.43 Å². The zero-order valence-electron chi connectivity index (χ0n) is 12.1. The second-order valence-electron chi connectivity index (χ2n) is 5.16. The van der Waals surface area contributed by atoms with Crippen LogP contribution in [0.1, 0.15) is 17.8 Å². The lowest BCUT2D eigenvalue weighted by Gasteiger charge is -2.06. The van der Waals surface area contributed by atoms with Crippen molar-refractivity contribution < 1.29 is 8.78 Å². The maximum atomic E-state index is 12.8. The number of halogens is 2. The van der Waals surface area contributed by atoms with Crippen LogP contribution in [0.4, 0.5) is 14.6 Å². The van der Waals surface area contributed by atoms with Crippen molar-refractivity contribution in [2.45, 2.75) is 13.0 Å². The maximum Gasteiger partial charge on any atom is 0.323 e. The normalized spacial score (nSPS) is 11.6. The molecule has 4 aromatic rings. The SMILES string of the molecule is O=c1[nH]c2ccc(CNc3ccc4nnc(C(F)F)n4n3)cc2[nH]1. The van der Waals surface area contributed by atoms with Gasteiger partial charge in [0.05, 0.1) is 11.0 Å². The van der Waals surface area contributed by atoms with Crippen molar-refractivity contribution in [3.8, 4) is 0 Å². The number of rotatable bonds is 4. The van der Waals surface area contributed by atoms with Gasteiger partial charge < -0.3 is 15.3 Å². The summed E-state index contributed by atoms with van der Waals surface area (Å²) in [5.74, 6) is -0.0909. The van der Waals surface area contributed by atoms with Crippen LogP contribution in [-0.4, -0.2) is 29.8 Å². The summed E-state index contributed by atoms with van der Waals surface area (Å²) >= 11 is 0. The van der Waals surface area contributed by atoms with Crippen LogP contribution in [0, 0.1) is 0 Å². The van der Waals surface area contributed by atoms with Crippen LogP contribution >= 0.6 is 0 Å². The fourth-order valence-electron chi connectivity index (χ4n) is 2.42. The largest absolute Gasteiger partial charge is 0.365 e. The minimum Gasteiger partial charge on any atom is -0.365 e. The molecule has 0 atom stereocenters. The predicted molar refractivity (Wildman–Crippen MR) is 82.0 cm³/mol. The molecule has 3 aromatic heterocycles. The molecule has 122 valence electrons. The standard InChI is InChI=1S/C14H11F2N7O/c15-12(16)13-21-20-11-4-3-10(22-23(11)13)17-6-7-1-2-8-9(5-7)19-14(24)18-8/h1-5,12H,6H2,(H,17,22)(H2,18,19,24). The van der Waals surface area contributed by atoms with Crippen molar-refractivity contribution in [1.82, 2.24) is 29.8 Å². The highest BCUT2D eigenvalue weighted by Crippen LogP contribution is 2.18. The quantitative estimate of drug-likeness (QED) is 0.529. The van der Waals surface area contributed by atoms with Gasteiger partial charge in [0.2, 0.25) is 5.82 Å². The number of hydrogen-bond acceptors (Lipinski definition) is 5. The van der Waals surface area contributed by atoms with Gasteiger partial charge in [-0.3, -0.25) is 0 Å². The van der Waals surface area contributed by atoms with E-state index >= 15 is 0 Å². The lowest BCUT2D eigenvalue weighted by molar-refractivity contribution is 0.137. The number of fused-ring (bicyclic) bond motifs is 2. The summed E-state index contributed by atoms with van der Waals surface area (Å²) in [4.78, 5) is 16.6. The molecule has 0 saturated heterocycles. The van der Waals surface area contributed by atoms with Crippen molar-refractivity contribution in [2.24, 2.45) is 0 Å². The average Bonchev–Trinajstić information content (AvgIpc) is 3.14. The second-order valence-corrected chi connectivity index (χ2v) is 5.16. The third-order valence-electron chi connectivity index (χ3n) is 3.54. The van der Waals surface area contributed by atoms with Crippen LogP contribution in [0.5, 0.6) is 0 Å². The van der Waals surface area contributed by atoms with Gasteiger partial charge >= 0.3 is 5.69 Å². The van der Waals surface area contributed by atoms with Gasteiger partial charge in [0.1, 0.15) is 5.82 Å².